The molecule has 3 aromatic rings. The van der Waals surface area contributed by atoms with E-state index in [1.807, 2.05) is 29.6 Å². The molecule has 1 atom stereocenters. The summed E-state index contributed by atoms with van der Waals surface area (Å²) >= 11 is 5.09. The van der Waals surface area contributed by atoms with Crippen molar-refractivity contribution in [1.82, 2.24) is 0 Å². The Hall–Kier alpha value is -1.65. The highest BCUT2D eigenvalue weighted by Crippen LogP contribution is 2.38. The van der Waals surface area contributed by atoms with Crippen LogP contribution in [-0.4, -0.2) is 6.04 Å². The van der Waals surface area contributed by atoms with Crippen molar-refractivity contribution in [2.24, 2.45) is 0 Å². The van der Waals surface area contributed by atoms with Crippen LogP contribution in [0.3, 0.4) is 0 Å². The maximum absolute atomic E-state index is 13.0. The second-order valence-corrected chi connectivity index (χ2v) is 7.47. The molecule has 22 heavy (non-hydrogen) atoms. The van der Waals surface area contributed by atoms with Crippen molar-refractivity contribution in [3.8, 4) is 0 Å². The zero-order chi connectivity index (χ0) is 15.3. The minimum atomic E-state index is 0.110. The molecule has 0 unspecified atom stereocenters. The standard InChI is InChI=1S/C18H14BrNOS/c1-11-8-12-4-2-3-5-15(12)20(11)16-10-22-17-7-6-13(19)9-14(17)18(16)21/h2-7,9-11H,8H2,1H3/t11-/m0/s1. The Labute approximate surface area is 141 Å². The van der Waals surface area contributed by atoms with Crippen molar-refractivity contribution >= 4 is 48.7 Å². The van der Waals surface area contributed by atoms with Crippen molar-refractivity contribution in [3.05, 3.63) is 68.1 Å². The molecule has 0 saturated heterocycles. The first-order chi connectivity index (χ1) is 10.6. The third-order valence-electron chi connectivity index (χ3n) is 4.18. The molecule has 0 aliphatic carbocycles. The summed E-state index contributed by atoms with van der Waals surface area (Å²) in [5, 5.41) is 2.78. The lowest BCUT2D eigenvalue weighted by atomic mass is 10.1. The fourth-order valence-corrected chi connectivity index (χ4v) is 4.44. The van der Waals surface area contributed by atoms with Crippen LogP contribution in [0.15, 0.2) is 57.1 Å². The molecule has 0 radical (unpaired) electrons. The van der Waals surface area contributed by atoms with Gasteiger partial charge in [-0.25, -0.2) is 0 Å². The number of halogens is 1. The van der Waals surface area contributed by atoms with Crippen molar-refractivity contribution in [2.75, 3.05) is 4.90 Å². The molecule has 4 rings (SSSR count). The van der Waals surface area contributed by atoms with Crippen molar-refractivity contribution in [3.63, 3.8) is 0 Å². The molecule has 4 heteroatoms. The molecular weight excluding hydrogens is 358 g/mol. The highest BCUT2D eigenvalue weighted by molar-refractivity contribution is 9.10. The van der Waals surface area contributed by atoms with Crippen LogP contribution in [0.25, 0.3) is 10.1 Å². The van der Waals surface area contributed by atoms with Crippen LogP contribution in [0.1, 0.15) is 12.5 Å². The minimum Gasteiger partial charge on any atom is -0.334 e. The summed E-state index contributed by atoms with van der Waals surface area (Å²) in [4.78, 5) is 15.2. The first-order valence-corrected chi connectivity index (χ1v) is 8.90. The van der Waals surface area contributed by atoms with Crippen LogP contribution in [0.5, 0.6) is 0 Å². The van der Waals surface area contributed by atoms with E-state index in [-0.39, 0.29) is 5.43 Å². The number of benzene rings is 2. The molecule has 1 aliphatic heterocycles. The van der Waals surface area contributed by atoms with Crippen LogP contribution in [0, 0.1) is 0 Å². The molecule has 0 bridgehead atoms. The molecule has 1 aromatic heterocycles. The van der Waals surface area contributed by atoms with Gasteiger partial charge in [-0.3, -0.25) is 4.79 Å². The smallest absolute Gasteiger partial charge is 0.211 e. The van der Waals surface area contributed by atoms with Gasteiger partial charge < -0.3 is 4.90 Å². The van der Waals surface area contributed by atoms with Crippen LogP contribution < -0.4 is 10.3 Å². The largest absolute Gasteiger partial charge is 0.334 e. The Morgan fingerprint density at radius 2 is 2.00 bits per heavy atom. The number of nitrogens with zero attached hydrogens (tertiary/aromatic N) is 1. The molecule has 0 saturated carbocycles. The van der Waals surface area contributed by atoms with Gasteiger partial charge in [-0.1, -0.05) is 34.1 Å². The fourth-order valence-electron chi connectivity index (χ4n) is 3.19. The van der Waals surface area contributed by atoms with Gasteiger partial charge >= 0.3 is 0 Å². The summed E-state index contributed by atoms with van der Waals surface area (Å²) in [5.74, 6) is 0. The van der Waals surface area contributed by atoms with Crippen LogP contribution in [0.4, 0.5) is 11.4 Å². The number of hydrogen-bond donors (Lipinski definition) is 0. The van der Waals surface area contributed by atoms with E-state index in [1.54, 1.807) is 11.3 Å². The average Bonchev–Trinajstić information content (AvgIpc) is 2.84. The third kappa shape index (κ3) is 2.09. The number of anilines is 2. The van der Waals surface area contributed by atoms with E-state index >= 15 is 0 Å². The Balaban J connectivity index is 1.95. The number of fused-ring (bicyclic) bond motifs is 2. The second kappa shape index (κ2) is 5.21. The van der Waals surface area contributed by atoms with Gasteiger partial charge in [0.25, 0.3) is 0 Å². The van der Waals surface area contributed by atoms with Crippen LogP contribution in [0.2, 0.25) is 0 Å². The zero-order valence-electron chi connectivity index (χ0n) is 12.0. The molecule has 0 amide bonds. The lowest BCUT2D eigenvalue weighted by Crippen LogP contribution is -2.28. The van der Waals surface area contributed by atoms with E-state index in [4.69, 9.17) is 0 Å². The van der Waals surface area contributed by atoms with Crippen molar-refractivity contribution in [1.29, 1.82) is 0 Å². The van der Waals surface area contributed by atoms with E-state index in [1.165, 1.54) is 5.56 Å². The molecule has 0 N–H and O–H groups in total. The first-order valence-electron chi connectivity index (χ1n) is 7.23. The summed E-state index contributed by atoms with van der Waals surface area (Å²) in [6, 6.07) is 14.6. The SMILES string of the molecule is C[C@H]1Cc2ccccc2N1c1csc2ccc(Br)cc2c1=O. The molecule has 2 aromatic carbocycles. The highest BCUT2D eigenvalue weighted by Gasteiger charge is 2.28. The Bertz CT molecular complexity index is 934. The summed E-state index contributed by atoms with van der Waals surface area (Å²) in [7, 11) is 0. The molecule has 2 heterocycles. The van der Waals surface area contributed by atoms with Crippen LogP contribution in [-0.2, 0) is 6.42 Å². The Kier molecular flexibility index (Phi) is 3.31. The van der Waals surface area contributed by atoms with Gasteiger partial charge in [-0.2, -0.15) is 0 Å². The average molecular weight is 372 g/mol. The highest BCUT2D eigenvalue weighted by atomic mass is 79.9. The summed E-state index contributed by atoms with van der Waals surface area (Å²) in [6.45, 7) is 2.18. The topological polar surface area (TPSA) is 20.3 Å². The van der Waals surface area contributed by atoms with Crippen LogP contribution >= 0.6 is 27.3 Å². The van der Waals surface area contributed by atoms with Gasteiger partial charge in [-0.15, -0.1) is 11.3 Å². The second-order valence-electron chi connectivity index (χ2n) is 5.64. The normalized spacial score (nSPS) is 17.0. The lowest BCUT2D eigenvalue weighted by molar-refractivity contribution is 0.758. The first kappa shape index (κ1) is 14.0. The zero-order valence-corrected chi connectivity index (χ0v) is 14.4. The molecule has 110 valence electrons. The quantitative estimate of drug-likeness (QED) is 0.592. The van der Waals surface area contributed by atoms with Gasteiger partial charge in [0.05, 0.1) is 0 Å². The summed E-state index contributed by atoms with van der Waals surface area (Å²) in [6.07, 6.45) is 0.983. The van der Waals surface area contributed by atoms with E-state index in [2.05, 4.69) is 46.0 Å². The summed E-state index contributed by atoms with van der Waals surface area (Å²) in [5.41, 5.74) is 3.37. The van der Waals surface area contributed by atoms with Gasteiger partial charge in [0.1, 0.15) is 5.69 Å². The molecule has 1 aliphatic rings. The van der Waals surface area contributed by atoms with Crippen molar-refractivity contribution in [2.45, 2.75) is 19.4 Å². The molecule has 2 nitrogen and oxygen atoms in total. The lowest BCUT2D eigenvalue weighted by Gasteiger charge is -2.24. The van der Waals surface area contributed by atoms with Gasteiger partial charge in [-0.05, 0) is 43.2 Å². The van der Waals surface area contributed by atoms with Gasteiger partial charge in [0, 0.05) is 31.7 Å². The van der Waals surface area contributed by atoms with E-state index < -0.39 is 0 Å². The Morgan fingerprint density at radius 3 is 2.86 bits per heavy atom. The number of rotatable bonds is 1. The molecular formula is C18H14BrNOS. The monoisotopic (exact) mass is 371 g/mol. The van der Waals surface area contributed by atoms with Crippen molar-refractivity contribution < 1.29 is 0 Å². The van der Waals surface area contributed by atoms with E-state index in [9.17, 15) is 4.79 Å². The number of para-hydroxylation sites is 1. The molecule has 0 fully saturated rings. The maximum atomic E-state index is 13.0. The summed E-state index contributed by atoms with van der Waals surface area (Å²) < 4.78 is 1.97. The van der Waals surface area contributed by atoms with E-state index in [0.29, 0.717) is 6.04 Å². The Morgan fingerprint density at radius 1 is 1.18 bits per heavy atom. The maximum Gasteiger partial charge on any atom is 0.211 e. The third-order valence-corrected chi connectivity index (χ3v) is 5.63. The fraction of sp³-hybridized carbons (Fsp3) is 0.167. The predicted octanol–water partition coefficient (Wildman–Crippen LogP) is 5.11. The van der Waals surface area contributed by atoms with Gasteiger partial charge in [0.2, 0.25) is 5.43 Å². The van der Waals surface area contributed by atoms with Gasteiger partial charge in [0.15, 0.2) is 0 Å². The molecule has 0 spiro atoms. The minimum absolute atomic E-state index is 0.110. The van der Waals surface area contributed by atoms with E-state index in [0.717, 1.165) is 32.4 Å². The predicted molar refractivity (Wildman–Crippen MR) is 97.5 cm³/mol. The number of hydrogen-bond acceptors (Lipinski definition) is 3.